The molecule has 0 amide bonds. The Morgan fingerprint density at radius 2 is 1.94 bits per heavy atom. The highest BCUT2D eigenvalue weighted by atomic mass is 19.1. The molecule has 3 aromatic heterocycles. The predicted molar refractivity (Wildman–Crippen MR) is 115 cm³/mol. The summed E-state index contributed by atoms with van der Waals surface area (Å²) in [5.41, 5.74) is 2.28. The Labute approximate surface area is 189 Å². The molecule has 0 atom stereocenters. The van der Waals surface area contributed by atoms with Gasteiger partial charge in [-0.15, -0.1) is 5.10 Å². The number of nitrogens with zero attached hydrogens (tertiary/aromatic N) is 10. The van der Waals surface area contributed by atoms with Gasteiger partial charge in [-0.25, -0.2) is 19.0 Å². The van der Waals surface area contributed by atoms with E-state index in [9.17, 15) is 4.39 Å². The van der Waals surface area contributed by atoms with Crippen molar-refractivity contribution >= 4 is 5.95 Å². The van der Waals surface area contributed by atoms with Gasteiger partial charge in [0.15, 0.2) is 11.6 Å². The van der Waals surface area contributed by atoms with Gasteiger partial charge in [-0.05, 0) is 47.4 Å². The van der Waals surface area contributed by atoms with Gasteiger partial charge in [0.1, 0.15) is 18.6 Å². The van der Waals surface area contributed by atoms with Crippen molar-refractivity contribution in [2.75, 3.05) is 18.0 Å². The van der Waals surface area contributed by atoms with Crippen LogP contribution in [0.2, 0.25) is 0 Å². The summed E-state index contributed by atoms with van der Waals surface area (Å²) >= 11 is 0. The third-order valence-corrected chi connectivity index (χ3v) is 5.63. The zero-order valence-corrected chi connectivity index (χ0v) is 18.1. The number of ether oxygens (including phenoxy) is 1. The molecule has 1 aromatic carbocycles. The predicted octanol–water partition coefficient (Wildman–Crippen LogP) is 2.17. The second kappa shape index (κ2) is 9.27. The van der Waals surface area contributed by atoms with Crippen molar-refractivity contribution in [3.8, 4) is 11.4 Å². The highest BCUT2D eigenvalue weighted by Crippen LogP contribution is 2.24. The molecule has 0 N–H and O–H groups in total. The van der Waals surface area contributed by atoms with E-state index in [1.807, 2.05) is 12.4 Å². The van der Waals surface area contributed by atoms with Crippen LogP contribution in [0.25, 0.3) is 5.69 Å². The van der Waals surface area contributed by atoms with Gasteiger partial charge in [0, 0.05) is 31.5 Å². The van der Waals surface area contributed by atoms with Crippen LogP contribution in [0.5, 0.6) is 5.75 Å². The van der Waals surface area contributed by atoms with Crippen LogP contribution in [0.3, 0.4) is 0 Å². The van der Waals surface area contributed by atoms with E-state index in [0.717, 1.165) is 43.9 Å². The molecule has 1 saturated heterocycles. The average molecular weight is 450 g/mol. The normalized spacial score (nSPS) is 14.5. The minimum absolute atomic E-state index is 0.123. The Morgan fingerprint density at radius 1 is 1.12 bits per heavy atom. The lowest BCUT2D eigenvalue weighted by atomic mass is 10.1. The lowest BCUT2D eigenvalue weighted by Gasteiger charge is -2.31. The summed E-state index contributed by atoms with van der Waals surface area (Å²) in [7, 11) is 0. The SMILES string of the molecule is CCc1cnc(N2CCC(n3ncc(COc4ccc(-n5cnnn5)cc4F)n3)CC2)nc1. The van der Waals surface area contributed by atoms with E-state index in [4.69, 9.17) is 4.74 Å². The van der Waals surface area contributed by atoms with Crippen LogP contribution < -0.4 is 9.64 Å². The van der Waals surface area contributed by atoms with Gasteiger partial charge in [-0.2, -0.15) is 15.0 Å². The minimum atomic E-state index is -0.503. The molecule has 0 spiro atoms. The zero-order valence-electron chi connectivity index (χ0n) is 18.1. The van der Waals surface area contributed by atoms with Gasteiger partial charge >= 0.3 is 0 Å². The average Bonchev–Trinajstić information content (AvgIpc) is 3.56. The molecule has 4 heterocycles. The third-order valence-electron chi connectivity index (χ3n) is 5.63. The van der Waals surface area contributed by atoms with Crippen LogP contribution in [0, 0.1) is 5.82 Å². The molecular weight excluding hydrogens is 427 g/mol. The number of benzene rings is 1. The summed E-state index contributed by atoms with van der Waals surface area (Å²) in [5.74, 6) is 0.391. The van der Waals surface area contributed by atoms with E-state index in [0.29, 0.717) is 11.4 Å². The number of anilines is 1. The highest BCUT2D eigenvalue weighted by molar-refractivity contribution is 5.37. The minimum Gasteiger partial charge on any atom is -0.484 e. The van der Waals surface area contributed by atoms with Gasteiger partial charge < -0.3 is 9.64 Å². The number of hydrogen-bond donors (Lipinski definition) is 0. The smallest absolute Gasteiger partial charge is 0.225 e. The lowest BCUT2D eigenvalue weighted by Crippen LogP contribution is -2.36. The van der Waals surface area contributed by atoms with Crippen LogP contribution in [-0.2, 0) is 13.0 Å². The van der Waals surface area contributed by atoms with E-state index in [-0.39, 0.29) is 18.4 Å². The van der Waals surface area contributed by atoms with Crippen molar-refractivity contribution in [3.05, 3.63) is 60.2 Å². The topological polar surface area (TPSA) is 113 Å². The van der Waals surface area contributed by atoms with Crippen LogP contribution >= 0.6 is 0 Å². The van der Waals surface area contributed by atoms with E-state index < -0.39 is 5.82 Å². The molecule has 0 saturated carbocycles. The van der Waals surface area contributed by atoms with E-state index in [1.165, 1.54) is 17.1 Å². The zero-order chi connectivity index (χ0) is 22.6. The monoisotopic (exact) mass is 450 g/mol. The van der Waals surface area contributed by atoms with Crippen LogP contribution in [-0.4, -0.2) is 58.3 Å². The number of rotatable bonds is 7. The molecule has 12 heteroatoms. The van der Waals surface area contributed by atoms with Crippen molar-refractivity contribution in [1.82, 2.24) is 45.2 Å². The molecule has 1 aliphatic heterocycles. The molecule has 170 valence electrons. The lowest BCUT2D eigenvalue weighted by molar-refractivity contribution is 0.279. The summed E-state index contributed by atoms with van der Waals surface area (Å²) in [4.78, 5) is 12.9. The van der Waals surface area contributed by atoms with Gasteiger partial charge in [0.2, 0.25) is 5.95 Å². The molecular formula is C21H23FN10O. The maximum Gasteiger partial charge on any atom is 0.225 e. The van der Waals surface area contributed by atoms with Gasteiger partial charge in [-0.1, -0.05) is 6.92 Å². The molecule has 11 nitrogen and oxygen atoms in total. The maximum atomic E-state index is 14.4. The third kappa shape index (κ3) is 4.64. The molecule has 4 aromatic rings. The fourth-order valence-electron chi connectivity index (χ4n) is 3.72. The standard InChI is InChI=1S/C21H23FN10O/c1-2-15-10-23-21(24-11-15)30-7-5-17(6-8-30)32-26-12-16(27-32)13-33-20-4-3-18(9-19(20)22)31-14-25-28-29-31/h3-4,9-12,14,17H,2,5-8,13H2,1H3. The number of aromatic nitrogens is 9. The largest absolute Gasteiger partial charge is 0.484 e. The Bertz CT molecular complexity index is 1190. The van der Waals surface area contributed by atoms with Crippen LogP contribution in [0.4, 0.5) is 10.3 Å². The first-order valence-electron chi connectivity index (χ1n) is 10.8. The highest BCUT2D eigenvalue weighted by Gasteiger charge is 2.23. The molecule has 0 unspecified atom stereocenters. The van der Waals surface area contributed by atoms with Crippen LogP contribution in [0.15, 0.2) is 43.1 Å². The number of hydrogen-bond acceptors (Lipinski definition) is 9. The number of aryl methyl sites for hydroxylation is 1. The molecule has 5 rings (SSSR count). The molecule has 1 aliphatic rings. The summed E-state index contributed by atoms with van der Waals surface area (Å²) in [6.45, 7) is 3.88. The Hall–Kier alpha value is -3.96. The molecule has 33 heavy (non-hydrogen) atoms. The summed E-state index contributed by atoms with van der Waals surface area (Å²) in [6, 6.07) is 4.73. The number of halogens is 1. The molecule has 0 radical (unpaired) electrons. The van der Waals surface area contributed by atoms with Crippen molar-refractivity contribution in [3.63, 3.8) is 0 Å². The Balaban J connectivity index is 1.16. The number of piperidine rings is 1. The van der Waals surface area contributed by atoms with Crippen molar-refractivity contribution in [1.29, 1.82) is 0 Å². The fraction of sp³-hybridized carbons (Fsp3) is 0.381. The Morgan fingerprint density at radius 3 is 2.64 bits per heavy atom. The maximum absolute atomic E-state index is 14.4. The van der Waals surface area contributed by atoms with Crippen molar-refractivity contribution in [2.45, 2.75) is 38.8 Å². The summed E-state index contributed by atoms with van der Waals surface area (Å²) in [6.07, 6.45) is 9.54. The van der Waals surface area contributed by atoms with Gasteiger partial charge in [0.25, 0.3) is 0 Å². The quantitative estimate of drug-likeness (QED) is 0.418. The number of tetrazole rings is 1. The van der Waals surface area contributed by atoms with Crippen molar-refractivity contribution < 1.29 is 9.13 Å². The van der Waals surface area contributed by atoms with E-state index >= 15 is 0 Å². The first-order chi connectivity index (χ1) is 16.2. The molecule has 0 aliphatic carbocycles. The van der Waals surface area contributed by atoms with Crippen LogP contribution in [0.1, 0.15) is 37.1 Å². The van der Waals surface area contributed by atoms with E-state index in [2.05, 4.69) is 47.5 Å². The second-order valence-corrected chi connectivity index (χ2v) is 7.78. The van der Waals surface area contributed by atoms with Gasteiger partial charge in [-0.3, -0.25) is 0 Å². The van der Waals surface area contributed by atoms with E-state index in [1.54, 1.807) is 23.1 Å². The Kier molecular flexibility index (Phi) is 5.87. The summed E-state index contributed by atoms with van der Waals surface area (Å²) < 4.78 is 21.4. The first kappa shape index (κ1) is 20.9. The molecule has 0 bridgehead atoms. The second-order valence-electron chi connectivity index (χ2n) is 7.78. The first-order valence-corrected chi connectivity index (χ1v) is 10.8. The molecule has 1 fully saturated rings. The summed E-state index contributed by atoms with van der Waals surface area (Å²) in [5, 5.41) is 19.8. The van der Waals surface area contributed by atoms with Gasteiger partial charge in [0.05, 0.1) is 17.9 Å². The fourth-order valence-corrected chi connectivity index (χ4v) is 3.72. The van der Waals surface area contributed by atoms with Crippen molar-refractivity contribution in [2.24, 2.45) is 0 Å².